The van der Waals surface area contributed by atoms with Gasteiger partial charge in [0.15, 0.2) is 0 Å². The summed E-state index contributed by atoms with van der Waals surface area (Å²) in [6.07, 6.45) is 0. The highest BCUT2D eigenvalue weighted by Gasteiger charge is 2.31. The molecule has 3 heterocycles. The largest absolute Gasteiger partial charge is 0.308 e. The Morgan fingerprint density at radius 3 is 0.909 bits per heavy atom. The third-order valence-electron chi connectivity index (χ3n) is 16.0. The van der Waals surface area contributed by atoms with Crippen molar-refractivity contribution in [3.63, 3.8) is 0 Å². The number of aryl methyl sites for hydroxylation is 8. The van der Waals surface area contributed by atoms with Crippen molar-refractivity contribution in [1.82, 2.24) is 13.7 Å². The van der Waals surface area contributed by atoms with Gasteiger partial charge >= 0.3 is 0 Å². The highest BCUT2D eigenvalue weighted by atomic mass is 15.1. The van der Waals surface area contributed by atoms with Gasteiger partial charge in [-0.15, -0.1) is 0 Å². The second-order valence-corrected chi connectivity index (χ2v) is 21.2. The normalized spacial score (nSPS) is 11.6. The van der Waals surface area contributed by atoms with Crippen molar-refractivity contribution in [2.75, 3.05) is 0 Å². The van der Waals surface area contributed by atoms with Gasteiger partial charge in [-0.25, -0.2) is 0 Å². The zero-order valence-electron chi connectivity index (χ0n) is 44.3. The summed E-state index contributed by atoms with van der Waals surface area (Å²) in [6.45, 7) is 17.7. The zero-order valence-corrected chi connectivity index (χ0v) is 44.3. The van der Waals surface area contributed by atoms with Crippen LogP contribution in [0.15, 0.2) is 170 Å². The maximum atomic E-state index is 9.86. The van der Waals surface area contributed by atoms with Gasteiger partial charge in [-0.05, 0) is 195 Å². The lowest BCUT2D eigenvalue weighted by Gasteiger charge is -2.18. The average molecular weight is 989 g/mol. The van der Waals surface area contributed by atoms with Crippen molar-refractivity contribution in [2.45, 2.75) is 55.4 Å². The number of benzene rings is 10. The standard InChI is InChI=1S/C71H52N6/c1-40-9-25-60(43(4)29-40)75-61-26-22-54(51-16-10-48(37-72)11-17-51)34-57(61)64-69(75)65-58-35-55(52-18-12-49(38-73)13-19-52)23-27-62(58)76(67-44(5)30-41(2)31-45(67)6)71(65)66-59-36-56(53-20-14-50(39-74)15-21-53)24-28-63(59)77(70(64)66)68-46(7)32-42(3)33-47(68)8/h9-36H,1-8H3. The summed E-state index contributed by atoms with van der Waals surface area (Å²) < 4.78 is 7.67. The predicted octanol–water partition coefficient (Wildman–Crippen LogP) is 18.1. The van der Waals surface area contributed by atoms with E-state index in [0.717, 1.165) is 116 Å². The molecular formula is C71H52N6. The van der Waals surface area contributed by atoms with E-state index in [1.165, 1.54) is 44.5 Å². The lowest BCUT2D eigenvalue weighted by atomic mass is 9.97. The molecule has 366 valence electrons. The molecule has 0 atom stereocenters. The van der Waals surface area contributed by atoms with Crippen LogP contribution >= 0.6 is 0 Å². The third-order valence-corrected chi connectivity index (χ3v) is 16.0. The van der Waals surface area contributed by atoms with Crippen molar-refractivity contribution in [3.05, 3.63) is 231 Å². The number of rotatable bonds is 6. The van der Waals surface area contributed by atoms with E-state index in [9.17, 15) is 15.8 Å². The second-order valence-electron chi connectivity index (χ2n) is 21.2. The quantitative estimate of drug-likeness (QED) is 0.166. The van der Waals surface area contributed by atoms with Gasteiger partial charge in [0, 0.05) is 38.0 Å². The first-order valence-corrected chi connectivity index (χ1v) is 26.2. The smallest absolute Gasteiger partial charge is 0.0991 e. The first kappa shape index (κ1) is 46.8. The van der Waals surface area contributed by atoms with E-state index in [2.05, 4.69) is 221 Å². The Labute approximate surface area is 447 Å². The molecular weight excluding hydrogens is 937 g/mol. The fourth-order valence-corrected chi connectivity index (χ4v) is 12.9. The monoisotopic (exact) mass is 988 g/mol. The van der Waals surface area contributed by atoms with Crippen molar-refractivity contribution < 1.29 is 0 Å². The highest BCUT2D eigenvalue weighted by molar-refractivity contribution is 6.41. The van der Waals surface area contributed by atoms with Gasteiger partial charge in [0.1, 0.15) is 0 Å². The molecule has 13 rings (SSSR count). The van der Waals surface area contributed by atoms with E-state index >= 15 is 0 Å². The Morgan fingerprint density at radius 1 is 0.286 bits per heavy atom. The topological polar surface area (TPSA) is 86.2 Å². The van der Waals surface area contributed by atoms with Crippen LogP contribution in [-0.4, -0.2) is 13.7 Å². The van der Waals surface area contributed by atoms with Crippen LogP contribution in [0.1, 0.15) is 61.2 Å². The molecule has 0 aliphatic heterocycles. The SMILES string of the molecule is Cc1ccc(-n2c3ccc(-c4ccc(C#N)cc4)cc3c3c2c2c4cc(-c5ccc(C#N)cc5)ccc4n(-c4c(C)cc(C)cc4C)c2c2c4cc(-c5ccc(C#N)cc5)ccc4n(-c4c(C)cc(C)cc4C)c32)c(C)c1. The van der Waals surface area contributed by atoms with Crippen LogP contribution in [0.5, 0.6) is 0 Å². The van der Waals surface area contributed by atoms with Crippen LogP contribution in [0.4, 0.5) is 0 Å². The van der Waals surface area contributed by atoms with Gasteiger partial charge in [0.05, 0.1) is 79.4 Å². The van der Waals surface area contributed by atoms with Crippen LogP contribution < -0.4 is 0 Å². The van der Waals surface area contributed by atoms with E-state index in [1.807, 2.05) is 36.4 Å². The third kappa shape index (κ3) is 7.20. The minimum atomic E-state index is 0.620. The van der Waals surface area contributed by atoms with Crippen LogP contribution in [0.2, 0.25) is 0 Å². The molecule has 6 heteroatoms. The minimum Gasteiger partial charge on any atom is -0.308 e. The molecule has 6 nitrogen and oxygen atoms in total. The summed E-state index contributed by atoms with van der Waals surface area (Å²) in [4.78, 5) is 0. The van der Waals surface area contributed by atoms with Crippen molar-refractivity contribution in [3.8, 4) is 68.7 Å². The lowest BCUT2D eigenvalue weighted by Crippen LogP contribution is -2.03. The number of hydrogen-bond donors (Lipinski definition) is 0. The van der Waals surface area contributed by atoms with E-state index in [4.69, 9.17) is 0 Å². The van der Waals surface area contributed by atoms with E-state index in [-0.39, 0.29) is 0 Å². The van der Waals surface area contributed by atoms with Crippen LogP contribution in [0.25, 0.3) is 116 Å². The van der Waals surface area contributed by atoms with E-state index in [0.29, 0.717) is 16.7 Å². The summed E-state index contributed by atoms with van der Waals surface area (Å²) in [5.74, 6) is 0. The number of nitrogens with zero attached hydrogens (tertiary/aromatic N) is 6. The Morgan fingerprint density at radius 2 is 0.584 bits per heavy atom. The maximum absolute atomic E-state index is 9.86. The van der Waals surface area contributed by atoms with Gasteiger partial charge in [-0.3, -0.25) is 0 Å². The number of aromatic nitrogens is 3. The van der Waals surface area contributed by atoms with Crippen LogP contribution in [-0.2, 0) is 0 Å². The molecule has 0 saturated heterocycles. The molecule has 77 heavy (non-hydrogen) atoms. The summed E-state index contributed by atoms with van der Waals surface area (Å²) >= 11 is 0. The number of fused-ring (bicyclic) bond motifs is 12. The van der Waals surface area contributed by atoms with Gasteiger partial charge < -0.3 is 13.7 Å². The Hall–Kier alpha value is -9.93. The lowest BCUT2D eigenvalue weighted by molar-refractivity contribution is 1.11. The van der Waals surface area contributed by atoms with E-state index < -0.39 is 0 Å². The molecule has 3 aromatic heterocycles. The summed E-state index contributed by atoms with van der Waals surface area (Å²) in [5, 5.41) is 36.3. The fraction of sp³-hybridized carbons (Fsp3) is 0.113. The first-order valence-electron chi connectivity index (χ1n) is 26.2. The molecule has 0 spiro atoms. The Bertz CT molecular complexity index is 4690. The van der Waals surface area contributed by atoms with Crippen LogP contribution in [0, 0.1) is 89.4 Å². The molecule has 0 saturated carbocycles. The van der Waals surface area contributed by atoms with Gasteiger partial charge in [0.2, 0.25) is 0 Å². The number of hydrogen-bond acceptors (Lipinski definition) is 3. The summed E-state index contributed by atoms with van der Waals surface area (Å²) in [5.41, 5.74) is 27.6. The zero-order chi connectivity index (χ0) is 53.1. The molecule has 0 fully saturated rings. The summed E-state index contributed by atoms with van der Waals surface area (Å²) in [7, 11) is 0. The average Bonchev–Trinajstić information content (AvgIpc) is 4.16. The molecule has 13 aromatic rings. The van der Waals surface area contributed by atoms with Crippen LogP contribution in [0.3, 0.4) is 0 Å². The van der Waals surface area contributed by atoms with Gasteiger partial charge in [-0.2, -0.15) is 15.8 Å². The molecule has 0 bridgehead atoms. The molecule has 0 amide bonds. The highest BCUT2D eigenvalue weighted by Crippen LogP contribution is 2.52. The van der Waals surface area contributed by atoms with Crippen molar-refractivity contribution >= 4 is 65.4 Å². The Kier molecular flexibility index (Phi) is 10.7. The first-order chi connectivity index (χ1) is 37.3. The van der Waals surface area contributed by atoms with Crippen molar-refractivity contribution in [1.29, 1.82) is 15.8 Å². The molecule has 0 radical (unpaired) electrons. The molecule has 0 aliphatic rings. The minimum absolute atomic E-state index is 0.620. The second kappa shape index (κ2) is 17.6. The maximum Gasteiger partial charge on any atom is 0.0991 e. The van der Waals surface area contributed by atoms with E-state index in [1.54, 1.807) is 0 Å². The summed E-state index contributed by atoms with van der Waals surface area (Å²) in [6, 6.07) is 67.5. The van der Waals surface area contributed by atoms with Gasteiger partial charge in [0.25, 0.3) is 0 Å². The van der Waals surface area contributed by atoms with Crippen molar-refractivity contribution in [2.24, 2.45) is 0 Å². The molecule has 0 unspecified atom stereocenters. The molecule has 10 aromatic carbocycles. The molecule has 0 N–H and O–H groups in total. The fourth-order valence-electron chi connectivity index (χ4n) is 12.9. The molecule has 0 aliphatic carbocycles. The number of nitriles is 3. The Balaban J connectivity index is 1.37. The van der Waals surface area contributed by atoms with Gasteiger partial charge in [-0.1, -0.05) is 108 Å². The predicted molar refractivity (Wildman–Crippen MR) is 318 cm³/mol.